The van der Waals surface area contributed by atoms with E-state index in [0.29, 0.717) is 18.0 Å². The van der Waals surface area contributed by atoms with Crippen molar-refractivity contribution >= 4 is 0 Å². The molecule has 18 heavy (non-hydrogen) atoms. The Morgan fingerprint density at radius 2 is 2.22 bits per heavy atom. The number of nitrogens with zero attached hydrogens (tertiary/aromatic N) is 3. The average molecular weight is 244 g/mol. The van der Waals surface area contributed by atoms with E-state index in [1.165, 1.54) is 25.7 Å². The summed E-state index contributed by atoms with van der Waals surface area (Å²) in [5.41, 5.74) is 2.10. The van der Waals surface area contributed by atoms with Gasteiger partial charge in [-0.15, -0.1) is 0 Å². The van der Waals surface area contributed by atoms with Crippen molar-refractivity contribution < 1.29 is 4.42 Å². The smallest absolute Gasteiger partial charge is 0.322 e. The summed E-state index contributed by atoms with van der Waals surface area (Å²) in [5.74, 6) is 0.664. The molecular weight excluding hydrogens is 228 g/mol. The van der Waals surface area contributed by atoms with Crippen LogP contribution in [0.5, 0.6) is 0 Å². The summed E-state index contributed by atoms with van der Waals surface area (Å²) in [6.45, 7) is 0.783. The van der Waals surface area contributed by atoms with Crippen LogP contribution in [0.3, 0.4) is 0 Å². The Hall–Kier alpha value is -1.62. The first-order chi connectivity index (χ1) is 8.88. The molecule has 0 spiro atoms. The van der Waals surface area contributed by atoms with E-state index in [4.69, 9.17) is 4.42 Å². The Balaban J connectivity index is 1.48. The second kappa shape index (κ2) is 3.95. The first kappa shape index (κ1) is 10.3. The van der Waals surface area contributed by atoms with Gasteiger partial charge < -0.3 is 9.73 Å². The Labute approximate surface area is 105 Å². The maximum atomic E-state index is 5.47. The van der Waals surface area contributed by atoms with Crippen molar-refractivity contribution in [3.63, 3.8) is 0 Å². The molecule has 0 atom stereocenters. The van der Waals surface area contributed by atoms with E-state index in [1.807, 2.05) is 6.20 Å². The Kier molecular flexibility index (Phi) is 2.26. The van der Waals surface area contributed by atoms with Crippen molar-refractivity contribution in [2.24, 2.45) is 0 Å². The van der Waals surface area contributed by atoms with Gasteiger partial charge in [0.2, 0.25) is 0 Å². The molecule has 0 aliphatic heterocycles. The lowest BCUT2D eigenvalue weighted by Gasteiger charge is -1.96. The second-order valence-corrected chi connectivity index (χ2v) is 5.24. The number of nitrogens with one attached hydrogen (secondary N) is 1. The third-order valence-electron chi connectivity index (χ3n) is 3.49. The molecular formula is C13H16N4O. The highest BCUT2D eigenvalue weighted by Crippen LogP contribution is 2.38. The standard InChI is InChI=1S/C13H16N4O/c1-2-9(1)12-5-6-17(16-12)13-15-11(8-18-13)7-14-10-3-4-10/h5-6,8-10,14H,1-4,7H2. The van der Waals surface area contributed by atoms with Crippen molar-refractivity contribution in [3.8, 4) is 6.01 Å². The normalized spacial score (nSPS) is 19.3. The van der Waals surface area contributed by atoms with Crippen LogP contribution in [0, 0.1) is 0 Å². The molecule has 0 saturated heterocycles. The molecule has 5 nitrogen and oxygen atoms in total. The van der Waals surface area contributed by atoms with Gasteiger partial charge in [0, 0.05) is 24.7 Å². The predicted octanol–water partition coefficient (Wildman–Crippen LogP) is 1.99. The van der Waals surface area contributed by atoms with Crippen molar-refractivity contribution in [2.45, 2.75) is 44.2 Å². The minimum absolute atomic E-state index is 0.564. The van der Waals surface area contributed by atoms with Gasteiger partial charge in [0.1, 0.15) is 6.26 Å². The molecule has 1 N–H and O–H groups in total. The molecule has 2 aliphatic rings. The van der Waals surface area contributed by atoms with Gasteiger partial charge >= 0.3 is 6.01 Å². The SMILES string of the molecule is c1oc(-n2ccc(C3CC3)n2)nc1CNC1CC1. The van der Waals surface area contributed by atoms with Gasteiger partial charge in [-0.05, 0) is 31.7 Å². The third-order valence-corrected chi connectivity index (χ3v) is 3.49. The molecule has 2 heterocycles. The van der Waals surface area contributed by atoms with E-state index >= 15 is 0 Å². The van der Waals surface area contributed by atoms with Crippen LogP contribution in [0.25, 0.3) is 6.01 Å². The van der Waals surface area contributed by atoms with E-state index in [-0.39, 0.29) is 0 Å². The minimum Gasteiger partial charge on any atom is -0.430 e. The van der Waals surface area contributed by atoms with E-state index in [9.17, 15) is 0 Å². The Morgan fingerprint density at radius 3 is 3.00 bits per heavy atom. The zero-order chi connectivity index (χ0) is 11.9. The molecule has 5 heteroatoms. The van der Waals surface area contributed by atoms with Crippen LogP contribution in [-0.2, 0) is 6.54 Å². The van der Waals surface area contributed by atoms with Crippen LogP contribution in [0.4, 0.5) is 0 Å². The molecule has 0 bridgehead atoms. The monoisotopic (exact) mass is 244 g/mol. The lowest BCUT2D eigenvalue weighted by molar-refractivity contribution is 0.507. The van der Waals surface area contributed by atoms with Gasteiger partial charge in [0.25, 0.3) is 0 Å². The Bertz CT molecular complexity index is 551. The first-order valence-corrected chi connectivity index (χ1v) is 6.62. The number of hydrogen-bond donors (Lipinski definition) is 1. The number of aromatic nitrogens is 3. The summed E-state index contributed by atoms with van der Waals surface area (Å²) in [7, 11) is 0. The van der Waals surface area contributed by atoms with Gasteiger partial charge in [-0.2, -0.15) is 14.8 Å². The fourth-order valence-electron chi connectivity index (χ4n) is 2.06. The second-order valence-electron chi connectivity index (χ2n) is 5.24. The van der Waals surface area contributed by atoms with E-state index < -0.39 is 0 Å². The summed E-state index contributed by atoms with van der Waals surface area (Å²) in [4.78, 5) is 4.44. The van der Waals surface area contributed by atoms with Gasteiger partial charge in [-0.25, -0.2) is 0 Å². The molecule has 0 amide bonds. The summed E-state index contributed by atoms with van der Waals surface area (Å²) >= 11 is 0. The van der Waals surface area contributed by atoms with Crippen LogP contribution in [0.2, 0.25) is 0 Å². The highest BCUT2D eigenvalue weighted by atomic mass is 16.4. The maximum absolute atomic E-state index is 5.47. The van der Waals surface area contributed by atoms with Crippen molar-refractivity contribution in [2.75, 3.05) is 0 Å². The van der Waals surface area contributed by atoms with Crippen molar-refractivity contribution in [1.29, 1.82) is 0 Å². The molecule has 2 aromatic heterocycles. The fourth-order valence-corrected chi connectivity index (χ4v) is 2.06. The van der Waals surface area contributed by atoms with Crippen LogP contribution < -0.4 is 5.32 Å². The largest absolute Gasteiger partial charge is 0.430 e. The Morgan fingerprint density at radius 1 is 1.33 bits per heavy atom. The molecule has 0 radical (unpaired) electrons. The highest BCUT2D eigenvalue weighted by Gasteiger charge is 2.26. The summed E-state index contributed by atoms with van der Waals surface area (Å²) in [5, 5.41) is 7.92. The van der Waals surface area contributed by atoms with Gasteiger partial charge in [-0.1, -0.05) is 0 Å². The molecule has 0 unspecified atom stereocenters. The topological polar surface area (TPSA) is 55.9 Å². The number of hydrogen-bond acceptors (Lipinski definition) is 4. The molecule has 2 fully saturated rings. The van der Waals surface area contributed by atoms with E-state index in [1.54, 1.807) is 10.9 Å². The third kappa shape index (κ3) is 2.06. The van der Waals surface area contributed by atoms with Crippen LogP contribution >= 0.6 is 0 Å². The van der Waals surface area contributed by atoms with Gasteiger partial charge in [0.05, 0.1) is 11.4 Å². The van der Waals surface area contributed by atoms with Gasteiger partial charge in [-0.3, -0.25) is 0 Å². The summed E-state index contributed by atoms with van der Waals surface area (Å²) in [6.07, 6.45) is 8.74. The molecule has 94 valence electrons. The zero-order valence-corrected chi connectivity index (χ0v) is 10.2. The molecule has 2 saturated carbocycles. The lowest BCUT2D eigenvalue weighted by atomic mass is 10.3. The lowest BCUT2D eigenvalue weighted by Crippen LogP contribution is -2.15. The first-order valence-electron chi connectivity index (χ1n) is 6.62. The quantitative estimate of drug-likeness (QED) is 0.874. The predicted molar refractivity (Wildman–Crippen MR) is 65.5 cm³/mol. The molecule has 4 rings (SSSR count). The molecule has 0 aromatic carbocycles. The number of rotatable bonds is 5. The van der Waals surface area contributed by atoms with E-state index in [0.717, 1.165) is 17.9 Å². The van der Waals surface area contributed by atoms with Crippen LogP contribution in [0.15, 0.2) is 22.9 Å². The molecule has 2 aromatic rings. The maximum Gasteiger partial charge on any atom is 0.322 e. The zero-order valence-electron chi connectivity index (χ0n) is 10.2. The van der Waals surface area contributed by atoms with E-state index in [2.05, 4.69) is 21.5 Å². The minimum atomic E-state index is 0.564. The van der Waals surface area contributed by atoms with Crippen LogP contribution in [-0.4, -0.2) is 20.8 Å². The summed E-state index contributed by atoms with van der Waals surface area (Å²) < 4.78 is 7.20. The highest BCUT2D eigenvalue weighted by molar-refractivity contribution is 5.17. The average Bonchev–Trinajstić information content (AvgIpc) is 3.30. The van der Waals surface area contributed by atoms with Crippen molar-refractivity contribution in [1.82, 2.24) is 20.1 Å². The fraction of sp³-hybridized carbons (Fsp3) is 0.538. The number of oxazole rings is 1. The van der Waals surface area contributed by atoms with Crippen LogP contribution in [0.1, 0.15) is 43.0 Å². The van der Waals surface area contributed by atoms with Gasteiger partial charge in [0.15, 0.2) is 0 Å². The molecule has 2 aliphatic carbocycles. The summed E-state index contributed by atoms with van der Waals surface area (Å²) in [6, 6.07) is 3.31. The van der Waals surface area contributed by atoms with Crippen molar-refractivity contribution in [3.05, 3.63) is 29.9 Å².